The number of carbonyl (C=O) groups is 2. The Morgan fingerprint density at radius 1 is 1.52 bits per heavy atom. The van der Waals surface area contributed by atoms with E-state index >= 15 is 0 Å². The van der Waals surface area contributed by atoms with Crippen LogP contribution < -0.4 is 5.32 Å². The lowest BCUT2D eigenvalue weighted by Gasteiger charge is -2.27. The van der Waals surface area contributed by atoms with Gasteiger partial charge >= 0.3 is 5.97 Å². The molecule has 1 saturated heterocycles. The van der Waals surface area contributed by atoms with E-state index in [-0.39, 0.29) is 5.92 Å². The van der Waals surface area contributed by atoms with Crippen LogP contribution >= 0.6 is 11.3 Å². The van der Waals surface area contributed by atoms with E-state index < -0.39 is 17.9 Å². The summed E-state index contributed by atoms with van der Waals surface area (Å²) in [6.07, 6.45) is 5.02. The number of hydrogen-bond acceptors (Lipinski definition) is 6. The van der Waals surface area contributed by atoms with Crippen molar-refractivity contribution in [2.24, 2.45) is 13.0 Å². The Balaban J connectivity index is 1.77. The van der Waals surface area contributed by atoms with Crippen molar-refractivity contribution in [3.05, 3.63) is 23.0 Å². The zero-order chi connectivity index (χ0) is 18.0. The summed E-state index contributed by atoms with van der Waals surface area (Å²) in [5.74, 6) is -1.68. The van der Waals surface area contributed by atoms with Gasteiger partial charge in [0.1, 0.15) is 15.9 Å². The number of nitrogens with one attached hydrogen (secondary N) is 1. The fourth-order valence-corrected chi connectivity index (χ4v) is 3.82. The minimum atomic E-state index is -1.04. The van der Waals surface area contributed by atoms with Gasteiger partial charge in [0.05, 0.1) is 18.5 Å². The maximum absolute atomic E-state index is 12.6. The van der Waals surface area contributed by atoms with Gasteiger partial charge in [0.2, 0.25) is 0 Å². The van der Waals surface area contributed by atoms with Gasteiger partial charge in [-0.2, -0.15) is 5.10 Å². The number of carboxylic acid groups (broad SMARTS) is 1. The largest absolute Gasteiger partial charge is 0.480 e. The first-order valence-corrected chi connectivity index (χ1v) is 8.85. The molecule has 134 valence electrons. The maximum Gasteiger partial charge on any atom is 0.326 e. The van der Waals surface area contributed by atoms with Crippen LogP contribution in [0.2, 0.25) is 0 Å². The van der Waals surface area contributed by atoms with E-state index in [0.717, 1.165) is 18.4 Å². The van der Waals surface area contributed by atoms with E-state index in [2.05, 4.69) is 15.4 Å². The van der Waals surface area contributed by atoms with Crippen molar-refractivity contribution in [3.63, 3.8) is 0 Å². The molecule has 2 atom stereocenters. The van der Waals surface area contributed by atoms with Crippen LogP contribution in [0.15, 0.2) is 12.4 Å². The number of rotatable bonds is 5. The summed E-state index contributed by atoms with van der Waals surface area (Å²) in [5.41, 5.74) is 1.40. The molecule has 2 aromatic heterocycles. The lowest BCUT2D eigenvalue weighted by atomic mass is 9.93. The number of carbonyl (C=O) groups excluding carboxylic acids is 1. The fourth-order valence-electron chi connectivity index (χ4n) is 2.88. The van der Waals surface area contributed by atoms with E-state index in [1.54, 1.807) is 24.9 Å². The van der Waals surface area contributed by atoms with Gasteiger partial charge in [0, 0.05) is 31.3 Å². The molecular weight excluding hydrogens is 344 g/mol. The Hall–Kier alpha value is -2.26. The highest BCUT2D eigenvalue weighted by molar-refractivity contribution is 7.17. The Kier molecular flexibility index (Phi) is 5.14. The molecule has 0 spiro atoms. The second-order valence-corrected chi connectivity index (χ2v) is 7.10. The first kappa shape index (κ1) is 17.6. The molecule has 0 aromatic carbocycles. The molecule has 0 bridgehead atoms. The molecular formula is C16H20N4O4S. The Labute approximate surface area is 148 Å². The topological polar surface area (TPSA) is 106 Å². The molecule has 1 aliphatic heterocycles. The van der Waals surface area contributed by atoms with Gasteiger partial charge in [-0.1, -0.05) is 0 Å². The van der Waals surface area contributed by atoms with E-state index in [0.29, 0.717) is 28.8 Å². The van der Waals surface area contributed by atoms with Gasteiger partial charge in [0.15, 0.2) is 0 Å². The molecule has 1 aliphatic rings. The van der Waals surface area contributed by atoms with Crippen molar-refractivity contribution >= 4 is 23.2 Å². The highest BCUT2D eigenvalue weighted by Crippen LogP contribution is 2.28. The Morgan fingerprint density at radius 3 is 2.92 bits per heavy atom. The third kappa shape index (κ3) is 3.88. The van der Waals surface area contributed by atoms with Crippen molar-refractivity contribution in [1.29, 1.82) is 0 Å². The Bertz CT molecular complexity index is 779. The summed E-state index contributed by atoms with van der Waals surface area (Å²) in [6, 6.07) is -0.962. The van der Waals surface area contributed by atoms with Crippen molar-refractivity contribution in [2.45, 2.75) is 25.8 Å². The lowest BCUT2D eigenvalue weighted by Crippen LogP contribution is -2.48. The number of hydrogen-bond donors (Lipinski definition) is 2. The van der Waals surface area contributed by atoms with Crippen LogP contribution in [0.3, 0.4) is 0 Å². The van der Waals surface area contributed by atoms with Gasteiger partial charge in [-0.15, -0.1) is 11.3 Å². The number of ether oxygens (including phenoxy) is 1. The quantitative estimate of drug-likeness (QED) is 0.832. The van der Waals surface area contributed by atoms with Crippen LogP contribution in [0, 0.1) is 12.8 Å². The Morgan fingerprint density at radius 2 is 2.32 bits per heavy atom. The van der Waals surface area contributed by atoms with E-state index in [4.69, 9.17) is 4.74 Å². The lowest BCUT2D eigenvalue weighted by molar-refractivity contribution is -0.142. The van der Waals surface area contributed by atoms with Crippen molar-refractivity contribution in [1.82, 2.24) is 20.1 Å². The normalized spacial score (nSPS) is 18.7. The number of nitrogens with zero attached hydrogens (tertiary/aromatic N) is 3. The van der Waals surface area contributed by atoms with Crippen LogP contribution in [-0.4, -0.2) is 51.0 Å². The van der Waals surface area contributed by atoms with Gasteiger partial charge in [-0.05, 0) is 19.8 Å². The van der Waals surface area contributed by atoms with Gasteiger partial charge in [-0.25, -0.2) is 9.78 Å². The molecule has 8 nitrogen and oxygen atoms in total. The third-order valence-electron chi connectivity index (χ3n) is 4.17. The molecule has 1 amide bonds. The minimum Gasteiger partial charge on any atom is -0.480 e. The van der Waals surface area contributed by atoms with Crippen LogP contribution in [-0.2, 0) is 16.6 Å². The molecule has 9 heteroatoms. The molecule has 0 radical (unpaired) electrons. The third-order valence-corrected chi connectivity index (χ3v) is 5.38. The number of aliphatic carboxylic acids is 1. The van der Waals surface area contributed by atoms with E-state index in [9.17, 15) is 14.7 Å². The molecule has 0 saturated carbocycles. The second-order valence-electron chi connectivity index (χ2n) is 6.10. The van der Waals surface area contributed by atoms with E-state index in [1.807, 2.05) is 6.20 Å². The molecule has 1 fully saturated rings. The number of thiazole rings is 1. The number of aryl methyl sites for hydroxylation is 2. The molecule has 2 aromatic rings. The predicted molar refractivity (Wildman–Crippen MR) is 91.5 cm³/mol. The van der Waals surface area contributed by atoms with Crippen LogP contribution in [0.4, 0.5) is 0 Å². The zero-order valence-corrected chi connectivity index (χ0v) is 14.9. The summed E-state index contributed by atoms with van der Waals surface area (Å²) >= 11 is 1.23. The number of carboxylic acids is 1. The summed E-state index contributed by atoms with van der Waals surface area (Å²) < 4.78 is 7.02. The number of aromatic nitrogens is 3. The molecule has 3 rings (SSSR count). The molecule has 2 unspecified atom stereocenters. The van der Waals surface area contributed by atoms with Crippen LogP contribution in [0.1, 0.15) is 28.2 Å². The summed E-state index contributed by atoms with van der Waals surface area (Å²) in [6.45, 7) is 2.73. The minimum absolute atomic E-state index is 0.221. The van der Waals surface area contributed by atoms with Gasteiger partial charge in [0.25, 0.3) is 5.91 Å². The van der Waals surface area contributed by atoms with Crippen molar-refractivity contribution in [2.75, 3.05) is 13.2 Å². The highest BCUT2D eigenvalue weighted by Gasteiger charge is 2.32. The summed E-state index contributed by atoms with van der Waals surface area (Å²) in [5, 5.41) is 16.9. The monoisotopic (exact) mass is 364 g/mol. The number of amides is 1. The summed E-state index contributed by atoms with van der Waals surface area (Å²) in [7, 11) is 1.81. The standard InChI is InChI=1S/C16H20N4O4S/c1-9-13(25-15(18-9)11-6-17-20(2)7-11)14(21)19-12(16(22)23)10-4-3-5-24-8-10/h6-7,10,12H,3-5,8H2,1-2H3,(H,19,21)(H,22,23). The second kappa shape index (κ2) is 7.32. The van der Waals surface area contributed by atoms with Crippen LogP contribution in [0.25, 0.3) is 10.6 Å². The van der Waals surface area contributed by atoms with Gasteiger partial charge in [-0.3, -0.25) is 9.48 Å². The summed E-state index contributed by atoms with van der Waals surface area (Å²) in [4.78, 5) is 29.0. The first-order valence-electron chi connectivity index (χ1n) is 8.03. The van der Waals surface area contributed by atoms with Gasteiger partial charge < -0.3 is 15.2 Å². The predicted octanol–water partition coefficient (Wildman–Crippen LogP) is 1.46. The molecule has 25 heavy (non-hydrogen) atoms. The van der Waals surface area contributed by atoms with E-state index in [1.165, 1.54) is 11.3 Å². The molecule has 2 N–H and O–H groups in total. The SMILES string of the molecule is Cc1nc(-c2cnn(C)c2)sc1C(=O)NC(C(=O)O)C1CCCOC1. The highest BCUT2D eigenvalue weighted by atomic mass is 32.1. The molecule has 0 aliphatic carbocycles. The maximum atomic E-state index is 12.6. The van der Waals surface area contributed by atoms with Crippen molar-refractivity contribution in [3.8, 4) is 10.6 Å². The first-order chi connectivity index (χ1) is 12.0. The average molecular weight is 364 g/mol. The smallest absolute Gasteiger partial charge is 0.326 e. The van der Waals surface area contributed by atoms with Crippen molar-refractivity contribution < 1.29 is 19.4 Å². The van der Waals surface area contributed by atoms with Crippen LogP contribution in [0.5, 0.6) is 0 Å². The average Bonchev–Trinajstić information content (AvgIpc) is 3.18. The fraction of sp³-hybridized carbons (Fsp3) is 0.500. The zero-order valence-electron chi connectivity index (χ0n) is 14.1. The molecule has 3 heterocycles.